The van der Waals surface area contributed by atoms with Crippen LogP contribution in [0.5, 0.6) is 0 Å². The van der Waals surface area contributed by atoms with Gasteiger partial charge in [0.05, 0.1) is 23.9 Å². The lowest BCUT2D eigenvalue weighted by Crippen LogP contribution is -2.38. The fourth-order valence-corrected chi connectivity index (χ4v) is 1.97. The number of carbonyl (C=O) groups is 2. The maximum absolute atomic E-state index is 11.7. The summed E-state index contributed by atoms with van der Waals surface area (Å²) in [4.78, 5) is 22.8. The molecule has 102 valence electrons. The molecule has 7 heteroatoms. The summed E-state index contributed by atoms with van der Waals surface area (Å²) in [7, 11) is 0. The number of urea groups is 1. The van der Waals surface area contributed by atoms with E-state index in [9.17, 15) is 9.59 Å². The third-order valence-electron chi connectivity index (χ3n) is 2.73. The molecule has 0 spiro atoms. The predicted octanol–water partition coefficient (Wildman–Crippen LogP) is 1.95. The first-order chi connectivity index (χ1) is 9.06. The van der Waals surface area contributed by atoms with Crippen molar-refractivity contribution in [3.63, 3.8) is 0 Å². The first-order valence-corrected chi connectivity index (χ1v) is 6.12. The Labute approximate surface area is 114 Å². The van der Waals surface area contributed by atoms with E-state index < -0.39 is 12.0 Å². The molecule has 0 aliphatic carbocycles. The fraction of sp³-hybridized carbons (Fsp3) is 0.333. The third kappa shape index (κ3) is 3.59. The van der Waals surface area contributed by atoms with Crippen molar-refractivity contribution in [1.82, 2.24) is 5.32 Å². The number of ether oxygens (including phenoxy) is 1. The Kier molecular flexibility index (Phi) is 4.24. The van der Waals surface area contributed by atoms with E-state index in [2.05, 4.69) is 10.6 Å². The zero-order chi connectivity index (χ0) is 13.8. The summed E-state index contributed by atoms with van der Waals surface area (Å²) in [5.74, 6) is -1.15. The Morgan fingerprint density at radius 2 is 2.21 bits per heavy atom. The van der Waals surface area contributed by atoms with Crippen molar-refractivity contribution in [1.29, 1.82) is 0 Å². The van der Waals surface area contributed by atoms with Gasteiger partial charge in [0.1, 0.15) is 0 Å². The molecule has 1 aliphatic heterocycles. The molecule has 1 unspecified atom stereocenters. The van der Waals surface area contributed by atoms with Gasteiger partial charge in [-0.3, -0.25) is 0 Å². The molecule has 2 rings (SSSR count). The highest BCUT2D eigenvalue weighted by atomic mass is 35.5. The fourth-order valence-electron chi connectivity index (χ4n) is 1.79. The summed E-state index contributed by atoms with van der Waals surface area (Å²) < 4.78 is 5.13. The molecule has 1 saturated heterocycles. The van der Waals surface area contributed by atoms with Crippen molar-refractivity contribution in [2.24, 2.45) is 0 Å². The van der Waals surface area contributed by atoms with E-state index >= 15 is 0 Å². The third-order valence-corrected chi connectivity index (χ3v) is 2.96. The van der Waals surface area contributed by atoms with E-state index in [0.29, 0.717) is 18.2 Å². The van der Waals surface area contributed by atoms with Crippen LogP contribution in [-0.4, -0.2) is 36.4 Å². The van der Waals surface area contributed by atoms with E-state index in [1.54, 1.807) is 0 Å². The minimum Gasteiger partial charge on any atom is -0.478 e. The van der Waals surface area contributed by atoms with Crippen molar-refractivity contribution in [2.75, 3.05) is 18.5 Å². The molecule has 3 N–H and O–H groups in total. The Morgan fingerprint density at radius 1 is 1.42 bits per heavy atom. The van der Waals surface area contributed by atoms with Crippen molar-refractivity contribution in [3.8, 4) is 0 Å². The number of nitrogens with one attached hydrogen (secondary N) is 2. The van der Waals surface area contributed by atoms with Gasteiger partial charge in [0.2, 0.25) is 0 Å². The molecule has 0 bridgehead atoms. The summed E-state index contributed by atoms with van der Waals surface area (Å²) in [6.45, 7) is 1.09. The first-order valence-electron chi connectivity index (χ1n) is 5.74. The zero-order valence-electron chi connectivity index (χ0n) is 9.98. The monoisotopic (exact) mass is 284 g/mol. The van der Waals surface area contributed by atoms with Gasteiger partial charge in [-0.15, -0.1) is 0 Å². The van der Waals surface area contributed by atoms with Crippen LogP contribution in [0.25, 0.3) is 0 Å². The second kappa shape index (κ2) is 5.90. The molecule has 2 amide bonds. The lowest BCUT2D eigenvalue weighted by atomic mass is 10.2. The maximum Gasteiger partial charge on any atom is 0.337 e. The normalized spacial score (nSPS) is 18.1. The molecule has 0 saturated carbocycles. The van der Waals surface area contributed by atoms with Crippen LogP contribution in [0.1, 0.15) is 16.8 Å². The van der Waals surface area contributed by atoms with Crippen LogP contribution in [0.15, 0.2) is 18.2 Å². The molecule has 1 atom stereocenters. The lowest BCUT2D eigenvalue weighted by Gasteiger charge is -2.13. The number of carboxylic acids is 1. The van der Waals surface area contributed by atoms with Gasteiger partial charge in [0.25, 0.3) is 0 Å². The zero-order valence-corrected chi connectivity index (χ0v) is 10.7. The Bertz CT molecular complexity index is 501. The van der Waals surface area contributed by atoms with E-state index in [1.165, 1.54) is 18.2 Å². The average molecular weight is 285 g/mol. The van der Waals surface area contributed by atoms with Crippen LogP contribution in [0.4, 0.5) is 10.5 Å². The van der Waals surface area contributed by atoms with Crippen molar-refractivity contribution in [2.45, 2.75) is 12.5 Å². The van der Waals surface area contributed by atoms with E-state index in [1.807, 2.05) is 0 Å². The van der Waals surface area contributed by atoms with E-state index in [4.69, 9.17) is 21.4 Å². The molecular formula is C12H13ClN2O4. The summed E-state index contributed by atoms with van der Waals surface area (Å²) in [5.41, 5.74) is 0.152. The number of anilines is 1. The Hall–Kier alpha value is -1.79. The van der Waals surface area contributed by atoms with Crippen LogP contribution in [0.2, 0.25) is 5.02 Å². The molecular weight excluding hydrogens is 272 g/mol. The second-order valence-electron chi connectivity index (χ2n) is 4.15. The van der Waals surface area contributed by atoms with Gasteiger partial charge in [-0.1, -0.05) is 11.6 Å². The molecule has 0 aromatic heterocycles. The molecule has 19 heavy (non-hydrogen) atoms. The summed E-state index contributed by atoms with van der Waals surface area (Å²) in [6, 6.07) is 3.76. The highest BCUT2D eigenvalue weighted by molar-refractivity contribution is 6.31. The molecule has 1 aromatic rings. The maximum atomic E-state index is 11.7. The number of carbonyl (C=O) groups excluding carboxylic acids is 1. The highest BCUT2D eigenvalue weighted by Gasteiger charge is 2.19. The number of carboxylic acid groups (broad SMARTS) is 1. The summed E-state index contributed by atoms with van der Waals surface area (Å²) in [5, 5.41) is 14.5. The van der Waals surface area contributed by atoms with Gasteiger partial charge in [-0.2, -0.15) is 0 Å². The van der Waals surface area contributed by atoms with Gasteiger partial charge in [0.15, 0.2) is 0 Å². The largest absolute Gasteiger partial charge is 0.478 e. The van der Waals surface area contributed by atoms with Gasteiger partial charge in [-0.05, 0) is 24.6 Å². The summed E-state index contributed by atoms with van der Waals surface area (Å²) >= 11 is 5.73. The van der Waals surface area contributed by atoms with Gasteiger partial charge in [-0.25, -0.2) is 9.59 Å². The molecule has 1 aromatic carbocycles. The minimum absolute atomic E-state index is 0.0411. The van der Waals surface area contributed by atoms with E-state index in [-0.39, 0.29) is 17.3 Å². The topological polar surface area (TPSA) is 87.7 Å². The molecule has 0 radical (unpaired) electrons. The summed E-state index contributed by atoms with van der Waals surface area (Å²) in [6.07, 6.45) is 0.750. The van der Waals surface area contributed by atoms with Crippen LogP contribution in [0, 0.1) is 0 Å². The Morgan fingerprint density at radius 3 is 2.84 bits per heavy atom. The quantitative estimate of drug-likeness (QED) is 0.791. The van der Waals surface area contributed by atoms with Gasteiger partial charge < -0.3 is 20.5 Å². The molecule has 1 aliphatic rings. The number of rotatable bonds is 3. The molecule has 6 nitrogen and oxygen atoms in total. The van der Waals surface area contributed by atoms with Crippen LogP contribution in [0.3, 0.4) is 0 Å². The Balaban J connectivity index is 2.05. The number of benzene rings is 1. The van der Waals surface area contributed by atoms with Gasteiger partial charge >= 0.3 is 12.0 Å². The minimum atomic E-state index is -1.15. The van der Waals surface area contributed by atoms with Crippen molar-refractivity contribution < 1.29 is 19.4 Å². The van der Waals surface area contributed by atoms with Crippen molar-refractivity contribution in [3.05, 3.63) is 28.8 Å². The van der Waals surface area contributed by atoms with Crippen molar-refractivity contribution >= 4 is 29.3 Å². The van der Waals surface area contributed by atoms with Crippen LogP contribution in [-0.2, 0) is 4.74 Å². The van der Waals surface area contributed by atoms with Gasteiger partial charge in [0, 0.05) is 11.6 Å². The SMILES string of the molecule is O=C(Nc1ccc(Cl)cc1C(=O)O)NC1CCOC1. The average Bonchev–Trinajstić information content (AvgIpc) is 2.83. The first kappa shape index (κ1) is 13.6. The highest BCUT2D eigenvalue weighted by Crippen LogP contribution is 2.20. The van der Waals surface area contributed by atoms with E-state index in [0.717, 1.165) is 6.42 Å². The number of amides is 2. The predicted molar refractivity (Wildman–Crippen MR) is 69.8 cm³/mol. The standard InChI is InChI=1S/C12H13ClN2O4/c13-7-1-2-10(9(5-7)11(16)17)15-12(18)14-8-3-4-19-6-8/h1-2,5,8H,3-4,6H2,(H,16,17)(H2,14,15,18). The second-order valence-corrected chi connectivity index (χ2v) is 4.59. The van der Waals surface area contributed by atoms with Crippen LogP contribution < -0.4 is 10.6 Å². The number of hydrogen-bond acceptors (Lipinski definition) is 3. The van der Waals surface area contributed by atoms with Crippen LogP contribution >= 0.6 is 11.6 Å². The number of hydrogen-bond donors (Lipinski definition) is 3. The number of aromatic carboxylic acids is 1. The molecule has 1 fully saturated rings. The lowest BCUT2D eigenvalue weighted by molar-refractivity contribution is 0.0698. The molecule has 1 heterocycles. The smallest absolute Gasteiger partial charge is 0.337 e. The number of halogens is 1.